The number of hydrogen-bond acceptors (Lipinski definition) is 3. The van der Waals surface area contributed by atoms with E-state index in [2.05, 4.69) is 24.2 Å². The van der Waals surface area contributed by atoms with Gasteiger partial charge in [0.15, 0.2) is 5.17 Å². The van der Waals surface area contributed by atoms with Crippen molar-refractivity contribution in [1.29, 1.82) is 0 Å². The summed E-state index contributed by atoms with van der Waals surface area (Å²) < 4.78 is 0. The summed E-state index contributed by atoms with van der Waals surface area (Å²) in [5.41, 5.74) is 0. The summed E-state index contributed by atoms with van der Waals surface area (Å²) in [6, 6.07) is 0.589. The maximum absolute atomic E-state index is 4.47. The normalized spacial score (nSPS) is 18.9. The van der Waals surface area contributed by atoms with E-state index in [0.717, 1.165) is 6.54 Å². The molecule has 0 aromatic rings. The standard InChI is InChI=1S/C11H22N2S/c1-3-4-5-7-10(2)13-11-12-8-6-9-14-11/h10H,3-9H2,1-2H3,(H,12,13). The molecule has 0 fully saturated rings. The Morgan fingerprint density at radius 2 is 2.36 bits per heavy atom. The Kier molecular flexibility index (Phi) is 6.08. The van der Waals surface area contributed by atoms with E-state index in [0.29, 0.717) is 6.04 Å². The van der Waals surface area contributed by atoms with Crippen LogP contribution in [0.5, 0.6) is 0 Å². The fourth-order valence-electron chi connectivity index (χ4n) is 1.53. The molecule has 0 amide bonds. The minimum atomic E-state index is 0.589. The van der Waals surface area contributed by atoms with Gasteiger partial charge >= 0.3 is 0 Å². The lowest BCUT2D eigenvalue weighted by molar-refractivity contribution is 0.556. The van der Waals surface area contributed by atoms with Crippen molar-refractivity contribution in [2.24, 2.45) is 4.99 Å². The Hall–Kier alpha value is -0.180. The zero-order chi connectivity index (χ0) is 10.2. The maximum Gasteiger partial charge on any atom is 0.156 e. The molecule has 0 saturated carbocycles. The molecule has 1 atom stereocenters. The lowest BCUT2D eigenvalue weighted by Crippen LogP contribution is -2.32. The zero-order valence-corrected chi connectivity index (χ0v) is 10.2. The molecule has 1 heterocycles. The molecule has 0 bridgehead atoms. The number of amidine groups is 1. The van der Waals surface area contributed by atoms with Crippen molar-refractivity contribution in [1.82, 2.24) is 5.32 Å². The number of aliphatic imine (C=N–C) groups is 1. The molecule has 0 saturated heterocycles. The average Bonchev–Trinajstić information content (AvgIpc) is 2.20. The average molecular weight is 214 g/mol. The molecule has 0 radical (unpaired) electrons. The second-order valence-corrected chi connectivity index (χ2v) is 5.01. The Morgan fingerprint density at radius 1 is 1.50 bits per heavy atom. The highest BCUT2D eigenvalue weighted by atomic mass is 32.2. The molecule has 1 aliphatic rings. The number of rotatable bonds is 5. The molecule has 0 aromatic carbocycles. The van der Waals surface area contributed by atoms with E-state index in [4.69, 9.17) is 0 Å². The molecular weight excluding hydrogens is 192 g/mol. The fourth-order valence-corrected chi connectivity index (χ4v) is 2.46. The minimum Gasteiger partial charge on any atom is -0.362 e. The van der Waals surface area contributed by atoms with Gasteiger partial charge in [0, 0.05) is 18.3 Å². The SMILES string of the molecule is CCCCCC(C)NC1=NCCCS1. The highest BCUT2D eigenvalue weighted by Crippen LogP contribution is 2.12. The first kappa shape index (κ1) is 11.9. The summed E-state index contributed by atoms with van der Waals surface area (Å²) >= 11 is 1.87. The minimum absolute atomic E-state index is 0.589. The van der Waals surface area contributed by atoms with Gasteiger partial charge in [0.05, 0.1) is 0 Å². The molecule has 1 rings (SSSR count). The van der Waals surface area contributed by atoms with Crippen LogP contribution in [-0.4, -0.2) is 23.5 Å². The summed E-state index contributed by atoms with van der Waals surface area (Å²) in [7, 11) is 0. The Labute approximate surface area is 92.0 Å². The number of unbranched alkanes of at least 4 members (excludes halogenated alkanes) is 2. The summed E-state index contributed by atoms with van der Waals surface area (Å²) in [4.78, 5) is 4.47. The molecule has 0 spiro atoms. The van der Waals surface area contributed by atoms with Gasteiger partial charge in [-0.2, -0.15) is 0 Å². The van der Waals surface area contributed by atoms with Crippen LogP contribution in [0.1, 0.15) is 46.0 Å². The van der Waals surface area contributed by atoms with Crippen molar-refractivity contribution < 1.29 is 0 Å². The highest BCUT2D eigenvalue weighted by molar-refractivity contribution is 8.13. The van der Waals surface area contributed by atoms with Gasteiger partial charge in [0.1, 0.15) is 0 Å². The Balaban J connectivity index is 2.12. The molecule has 2 nitrogen and oxygen atoms in total. The van der Waals surface area contributed by atoms with Gasteiger partial charge in [-0.1, -0.05) is 37.9 Å². The molecule has 1 N–H and O–H groups in total. The van der Waals surface area contributed by atoms with Crippen LogP contribution in [-0.2, 0) is 0 Å². The molecule has 1 unspecified atom stereocenters. The van der Waals surface area contributed by atoms with Crippen LogP contribution in [0.3, 0.4) is 0 Å². The van der Waals surface area contributed by atoms with E-state index in [1.54, 1.807) is 0 Å². The largest absolute Gasteiger partial charge is 0.362 e. The first-order valence-corrected chi connectivity index (χ1v) is 6.75. The van der Waals surface area contributed by atoms with Gasteiger partial charge in [-0.3, -0.25) is 4.99 Å². The third-order valence-electron chi connectivity index (χ3n) is 2.41. The molecule has 82 valence electrons. The first-order chi connectivity index (χ1) is 6.83. The van der Waals surface area contributed by atoms with Crippen molar-refractivity contribution in [3.63, 3.8) is 0 Å². The predicted octanol–water partition coefficient (Wildman–Crippen LogP) is 3.04. The Bertz CT molecular complexity index is 180. The monoisotopic (exact) mass is 214 g/mol. The second-order valence-electron chi connectivity index (χ2n) is 3.93. The van der Waals surface area contributed by atoms with Crippen molar-refractivity contribution in [3.8, 4) is 0 Å². The van der Waals surface area contributed by atoms with Gasteiger partial charge in [0.2, 0.25) is 0 Å². The summed E-state index contributed by atoms with van der Waals surface area (Å²) in [5, 5.41) is 4.66. The van der Waals surface area contributed by atoms with Crippen LogP contribution < -0.4 is 5.32 Å². The van der Waals surface area contributed by atoms with Gasteiger partial charge in [-0.15, -0.1) is 0 Å². The zero-order valence-electron chi connectivity index (χ0n) is 9.38. The number of nitrogens with zero attached hydrogens (tertiary/aromatic N) is 1. The van der Waals surface area contributed by atoms with Crippen LogP contribution >= 0.6 is 11.8 Å². The molecular formula is C11H22N2S. The third-order valence-corrected chi connectivity index (χ3v) is 3.42. The van der Waals surface area contributed by atoms with E-state index < -0.39 is 0 Å². The van der Waals surface area contributed by atoms with Gasteiger partial charge in [-0.25, -0.2) is 0 Å². The van der Waals surface area contributed by atoms with E-state index in [9.17, 15) is 0 Å². The van der Waals surface area contributed by atoms with Gasteiger partial charge < -0.3 is 5.32 Å². The van der Waals surface area contributed by atoms with Crippen molar-refractivity contribution in [3.05, 3.63) is 0 Å². The quantitative estimate of drug-likeness (QED) is 0.711. The summed E-state index contributed by atoms with van der Waals surface area (Å²) in [6.07, 6.45) is 6.50. The summed E-state index contributed by atoms with van der Waals surface area (Å²) in [5.74, 6) is 1.23. The number of nitrogens with one attached hydrogen (secondary N) is 1. The van der Waals surface area contributed by atoms with Crippen molar-refractivity contribution in [2.75, 3.05) is 12.3 Å². The fraction of sp³-hybridized carbons (Fsp3) is 0.909. The van der Waals surface area contributed by atoms with Crippen LogP contribution in [0.25, 0.3) is 0 Å². The second kappa shape index (κ2) is 7.16. The van der Waals surface area contributed by atoms with E-state index in [-0.39, 0.29) is 0 Å². The van der Waals surface area contributed by atoms with Crippen LogP contribution in [0, 0.1) is 0 Å². The van der Waals surface area contributed by atoms with Crippen molar-refractivity contribution in [2.45, 2.75) is 52.0 Å². The molecule has 0 aromatic heterocycles. The predicted molar refractivity (Wildman–Crippen MR) is 66.1 cm³/mol. The van der Waals surface area contributed by atoms with Crippen LogP contribution in [0.4, 0.5) is 0 Å². The molecule has 14 heavy (non-hydrogen) atoms. The molecule has 0 aliphatic carbocycles. The van der Waals surface area contributed by atoms with Crippen molar-refractivity contribution >= 4 is 16.9 Å². The van der Waals surface area contributed by atoms with Crippen LogP contribution in [0.2, 0.25) is 0 Å². The van der Waals surface area contributed by atoms with E-state index >= 15 is 0 Å². The molecule has 3 heteroatoms. The topological polar surface area (TPSA) is 24.4 Å². The van der Waals surface area contributed by atoms with Crippen LogP contribution in [0.15, 0.2) is 4.99 Å². The lowest BCUT2D eigenvalue weighted by atomic mass is 10.1. The van der Waals surface area contributed by atoms with E-state index in [1.165, 1.54) is 43.0 Å². The lowest BCUT2D eigenvalue weighted by Gasteiger charge is -2.18. The number of hydrogen-bond donors (Lipinski definition) is 1. The Morgan fingerprint density at radius 3 is 3.00 bits per heavy atom. The molecule has 1 aliphatic heterocycles. The smallest absolute Gasteiger partial charge is 0.156 e. The third kappa shape index (κ3) is 4.89. The van der Waals surface area contributed by atoms with E-state index in [1.807, 2.05) is 11.8 Å². The maximum atomic E-state index is 4.47. The number of thioether (sulfide) groups is 1. The highest BCUT2D eigenvalue weighted by Gasteiger charge is 2.08. The van der Waals surface area contributed by atoms with Gasteiger partial charge in [0.25, 0.3) is 0 Å². The first-order valence-electron chi connectivity index (χ1n) is 5.76. The summed E-state index contributed by atoms with van der Waals surface area (Å²) in [6.45, 7) is 5.52. The van der Waals surface area contributed by atoms with Gasteiger partial charge in [-0.05, 0) is 19.8 Å².